The summed E-state index contributed by atoms with van der Waals surface area (Å²) in [5.74, 6) is -3.65. The number of amidine groups is 2. The van der Waals surface area contributed by atoms with Crippen molar-refractivity contribution in [3.63, 3.8) is 0 Å². The summed E-state index contributed by atoms with van der Waals surface area (Å²) in [6.45, 7) is 16.2. The highest BCUT2D eigenvalue weighted by Crippen LogP contribution is 2.39. The molecule has 12 nitrogen and oxygen atoms in total. The zero-order chi connectivity index (χ0) is 28.2. The van der Waals surface area contributed by atoms with Gasteiger partial charge in [0, 0.05) is 80.5 Å². The molecule has 4 aliphatic heterocycles. The van der Waals surface area contributed by atoms with E-state index in [1.807, 2.05) is 21.6 Å². The number of carbonyl (C=O) groups is 2. The van der Waals surface area contributed by atoms with Crippen molar-refractivity contribution in [1.29, 1.82) is 0 Å². The Balaban J connectivity index is 0.000000221. The molecule has 0 aliphatic carbocycles. The van der Waals surface area contributed by atoms with E-state index in [0.717, 1.165) is 36.5 Å². The monoisotopic (exact) mass is 610 g/mol. The highest BCUT2D eigenvalue weighted by atomic mass is 33.1. The van der Waals surface area contributed by atoms with Gasteiger partial charge in [-0.3, -0.25) is 9.80 Å². The van der Waals surface area contributed by atoms with Crippen LogP contribution < -0.4 is 0 Å². The molecule has 2 N–H and O–H groups in total. The topological polar surface area (TPSA) is 119 Å². The van der Waals surface area contributed by atoms with Gasteiger partial charge in [-0.1, -0.05) is 13.8 Å². The summed E-state index contributed by atoms with van der Waals surface area (Å²) in [6.07, 6.45) is 0. The predicted octanol–water partition coefficient (Wildman–Crippen LogP) is 1.60. The Kier molecular flexibility index (Phi) is 15.0. The molecule has 0 bridgehead atoms. The van der Waals surface area contributed by atoms with Gasteiger partial charge < -0.3 is 29.8 Å². The van der Waals surface area contributed by atoms with E-state index in [9.17, 15) is 0 Å². The highest BCUT2D eigenvalue weighted by Gasteiger charge is 2.30. The average Bonchev–Trinajstić information content (AvgIpc) is 3.60. The Morgan fingerprint density at radius 2 is 1.03 bits per heavy atom. The Bertz CT molecular complexity index is 753. The first kappa shape index (κ1) is 33.3. The Morgan fingerprint density at radius 3 is 1.24 bits per heavy atom. The highest BCUT2D eigenvalue weighted by molar-refractivity contribution is 8.83. The normalized spacial score (nSPS) is 24.9. The van der Waals surface area contributed by atoms with Gasteiger partial charge in [0.2, 0.25) is 0 Å². The largest absolute Gasteiger partial charge is 0.473 e. The predicted molar refractivity (Wildman–Crippen MR) is 163 cm³/mol. The lowest BCUT2D eigenvalue weighted by molar-refractivity contribution is -0.159. The van der Waals surface area contributed by atoms with Crippen LogP contribution in [0, 0.1) is 0 Å². The van der Waals surface area contributed by atoms with Crippen LogP contribution in [0.3, 0.4) is 0 Å². The lowest BCUT2D eigenvalue weighted by Crippen LogP contribution is -2.48. The van der Waals surface area contributed by atoms with Gasteiger partial charge in [0.25, 0.3) is 0 Å². The van der Waals surface area contributed by atoms with E-state index in [2.05, 4.69) is 71.4 Å². The second kappa shape index (κ2) is 17.0. The van der Waals surface area contributed by atoms with Crippen molar-refractivity contribution >= 4 is 65.4 Å². The van der Waals surface area contributed by atoms with E-state index >= 15 is 0 Å². The van der Waals surface area contributed by atoms with Crippen molar-refractivity contribution in [2.24, 2.45) is 9.98 Å². The summed E-state index contributed by atoms with van der Waals surface area (Å²) in [5, 5.41) is 17.1. The minimum atomic E-state index is -1.82. The molecule has 4 aliphatic rings. The number of carboxylic acids is 2. The van der Waals surface area contributed by atoms with Crippen LogP contribution >= 0.6 is 43.2 Å². The first-order valence-corrected chi connectivity index (χ1v) is 17.0. The number of hydrogen-bond donors (Lipinski definition) is 2. The molecule has 16 heteroatoms. The van der Waals surface area contributed by atoms with Crippen LogP contribution in [0.15, 0.2) is 9.98 Å². The number of hydrogen-bond acceptors (Lipinski definition) is 14. The summed E-state index contributed by atoms with van der Waals surface area (Å²) in [7, 11) is 15.6. The van der Waals surface area contributed by atoms with Gasteiger partial charge in [-0.05, 0) is 56.3 Å². The SMILES string of the molecule is CCN1CCN(C2N=C(N(C)C)SS2)CC1.CCN1CCN(C2N=C(N(C)C)SS2)CC1.O=C(O)C(=O)O. The van der Waals surface area contributed by atoms with Crippen molar-refractivity contribution in [2.75, 3.05) is 93.6 Å². The summed E-state index contributed by atoms with van der Waals surface area (Å²) in [6, 6.07) is 0. The summed E-state index contributed by atoms with van der Waals surface area (Å²) >= 11 is 0. The second-order valence-corrected chi connectivity index (χ2v) is 13.6. The molecule has 2 unspecified atom stereocenters. The minimum absolute atomic E-state index is 0.335. The zero-order valence-electron chi connectivity index (χ0n) is 23.1. The van der Waals surface area contributed by atoms with E-state index in [1.165, 1.54) is 39.3 Å². The number of piperazine rings is 2. The second-order valence-electron chi connectivity index (χ2n) is 9.17. The van der Waals surface area contributed by atoms with E-state index in [0.29, 0.717) is 11.0 Å². The van der Waals surface area contributed by atoms with Gasteiger partial charge in [0.15, 0.2) is 21.3 Å². The van der Waals surface area contributed by atoms with Gasteiger partial charge in [-0.2, -0.15) is 0 Å². The smallest absolute Gasteiger partial charge is 0.414 e. The molecule has 0 aromatic rings. The number of likely N-dealkylation sites (N-methyl/N-ethyl adjacent to an activating group) is 2. The van der Waals surface area contributed by atoms with Crippen molar-refractivity contribution in [1.82, 2.24) is 29.4 Å². The van der Waals surface area contributed by atoms with Gasteiger partial charge >= 0.3 is 11.9 Å². The minimum Gasteiger partial charge on any atom is -0.473 e. The first-order chi connectivity index (χ1) is 18.0. The van der Waals surface area contributed by atoms with Crippen LogP contribution in [0.25, 0.3) is 0 Å². The van der Waals surface area contributed by atoms with Crippen LogP contribution in [0.5, 0.6) is 0 Å². The Hall–Kier alpha value is -0.880. The molecule has 2 fully saturated rings. The van der Waals surface area contributed by atoms with E-state index in [-0.39, 0.29) is 0 Å². The quantitative estimate of drug-likeness (QED) is 0.354. The maximum atomic E-state index is 9.10. The Morgan fingerprint density at radius 1 is 0.711 bits per heavy atom. The number of nitrogens with zero attached hydrogens (tertiary/aromatic N) is 8. The summed E-state index contributed by atoms with van der Waals surface area (Å²) in [4.78, 5) is 41.8. The van der Waals surface area contributed by atoms with E-state index in [1.54, 1.807) is 21.6 Å². The summed E-state index contributed by atoms with van der Waals surface area (Å²) in [5.41, 5.74) is 0.669. The van der Waals surface area contributed by atoms with Crippen LogP contribution in [0.4, 0.5) is 0 Å². The third-order valence-electron chi connectivity index (χ3n) is 6.14. The number of carboxylic acid groups (broad SMARTS) is 2. The molecule has 0 saturated carbocycles. The molecule has 0 aromatic carbocycles. The van der Waals surface area contributed by atoms with E-state index in [4.69, 9.17) is 29.8 Å². The van der Waals surface area contributed by atoms with Gasteiger partial charge in [0.05, 0.1) is 0 Å². The molecule has 2 atom stereocenters. The number of aliphatic imine (C=N–C) groups is 2. The van der Waals surface area contributed by atoms with Crippen LogP contribution in [0.1, 0.15) is 13.8 Å². The van der Waals surface area contributed by atoms with Crippen LogP contribution in [0.2, 0.25) is 0 Å². The van der Waals surface area contributed by atoms with Crippen LogP contribution in [-0.4, -0.2) is 167 Å². The standard InChI is InChI=1S/2C10H20N4S2.C2H2O4/c2*1-4-13-5-7-14(8-6-13)10-11-9(12(2)3)15-16-10;3-1(4)2(5)6/h2*10H,4-8H2,1-3H3;(H,3,4)(H,5,6). The molecule has 0 amide bonds. The molecule has 2 saturated heterocycles. The van der Waals surface area contributed by atoms with Crippen molar-refractivity contribution in [3.05, 3.63) is 0 Å². The lowest BCUT2D eigenvalue weighted by atomic mass is 10.3. The molecule has 38 heavy (non-hydrogen) atoms. The van der Waals surface area contributed by atoms with Crippen molar-refractivity contribution in [2.45, 2.75) is 24.8 Å². The average molecular weight is 611 g/mol. The van der Waals surface area contributed by atoms with E-state index < -0.39 is 11.9 Å². The fourth-order valence-corrected chi connectivity index (χ4v) is 8.90. The molecule has 0 radical (unpaired) electrons. The Labute approximate surface area is 242 Å². The molecule has 0 aromatic heterocycles. The molecule has 218 valence electrons. The third kappa shape index (κ3) is 10.9. The summed E-state index contributed by atoms with van der Waals surface area (Å²) < 4.78 is 0. The lowest BCUT2D eigenvalue weighted by Gasteiger charge is -2.35. The fraction of sp³-hybridized carbons (Fsp3) is 0.818. The van der Waals surface area contributed by atoms with Gasteiger partial charge in [0.1, 0.15) is 0 Å². The maximum absolute atomic E-state index is 9.10. The number of rotatable bonds is 4. The van der Waals surface area contributed by atoms with Crippen LogP contribution in [-0.2, 0) is 9.59 Å². The van der Waals surface area contributed by atoms with Gasteiger partial charge in [-0.15, -0.1) is 0 Å². The molecule has 4 heterocycles. The molecular formula is C22H42N8O4S4. The zero-order valence-corrected chi connectivity index (χ0v) is 26.4. The first-order valence-electron chi connectivity index (χ1n) is 12.6. The maximum Gasteiger partial charge on any atom is 0.414 e. The van der Waals surface area contributed by atoms with Crippen molar-refractivity contribution < 1.29 is 19.8 Å². The van der Waals surface area contributed by atoms with Gasteiger partial charge in [-0.25, -0.2) is 19.6 Å². The molecule has 0 spiro atoms. The third-order valence-corrected chi connectivity index (χ3v) is 11.2. The number of aliphatic carboxylic acids is 2. The van der Waals surface area contributed by atoms with Crippen molar-refractivity contribution in [3.8, 4) is 0 Å². The molecular weight excluding hydrogens is 569 g/mol. The molecule has 4 rings (SSSR count). The fourth-order valence-electron chi connectivity index (χ4n) is 3.71.